The Morgan fingerprint density at radius 1 is 1.38 bits per heavy atom. The molecule has 0 saturated carbocycles. The van der Waals surface area contributed by atoms with Gasteiger partial charge in [-0.05, 0) is 70.1 Å². The summed E-state index contributed by atoms with van der Waals surface area (Å²) in [5, 5.41) is 12.3. The summed E-state index contributed by atoms with van der Waals surface area (Å²) < 4.78 is 5.42. The summed E-state index contributed by atoms with van der Waals surface area (Å²) >= 11 is 0. The van der Waals surface area contributed by atoms with Gasteiger partial charge in [0.15, 0.2) is 0 Å². The molecule has 0 radical (unpaired) electrons. The van der Waals surface area contributed by atoms with E-state index >= 15 is 0 Å². The number of piperidine rings is 1. The molecule has 1 aliphatic rings. The highest BCUT2D eigenvalue weighted by molar-refractivity contribution is 5.42. The van der Waals surface area contributed by atoms with E-state index in [9.17, 15) is 0 Å². The van der Waals surface area contributed by atoms with E-state index in [0.717, 1.165) is 43.4 Å². The van der Waals surface area contributed by atoms with Crippen molar-refractivity contribution < 1.29 is 4.74 Å². The number of methoxy groups -OCH3 is 1. The fourth-order valence-corrected chi connectivity index (χ4v) is 2.99. The third-order valence-electron chi connectivity index (χ3n) is 4.31. The lowest BCUT2D eigenvalue weighted by Gasteiger charge is -2.32. The lowest BCUT2D eigenvalue weighted by Crippen LogP contribution is -2.34. The van der Waals surface area contributed by atoms with Gasteiger partial charge in [0.05, 0.1) is 18.7 Å². The number of hydrogen-bond acceptors (Lipinski definition) is 4. The Hall–Kier alpha value is -1.57. The number of hydrogen-bond donors (Lipinski definition) is 1. The van der Waals surface area contributed by atoms with Crippen molar-refractivity contribution in [3.8, 4) is 11.8 Å². The molecule has 4 heteroatoms. The summed E-state index contributed by atoms with van der Waals surface area (Å²) in [6.07, 6.45) is 3.81. The van der Waals surface area contributed by atoms with Crippen LogP contribution >= 0.6 is 0 Å². The monoisotopic (exact) mass is 287 g/mol. The van der Waals surface area contributed by atoms with Crippen LogP contribution in [0.5, 0.6) is 5.75 Å². The first-order valence-corrected chi connectivity index (χ1v) is 7.70. The SMILES string of the molecule is CNCCC1CCN(Cc2cc(C#N)ccc2OC)CC1. The molecule has 1 aliphatic heterocycles. The van der Waals surface area contributed by atoms with Crippen LogP contribution in [0.3, 0.4) is 0 Å². The van der Waals surface area contributed by atoms with Crippen LogP contribution in [0.25, 0.3) is 0 Å². The molecule has 1 aromatic carbocycles. The molecule has 2 rings (SSSR count). The van der Waals surface area contributed by atoms with E-state index in [2.05, 4.69) is 16.3 Å². The third kappa shape index (κ3) is 4.45. The topological polar surface area (TPSA) is 48.3 Å². The fourth-order valence-electron chi connectivity index (χ4n) is 2.99. The van der Waals surface area contributed by atoms with Gasteiger partial charge in [-0.2, -0.15) is 5.26 Å². The number of nitrogens with one attached hydrogen (secondary N) is 1. The largest absolute Gasteiger partial charge is 0.496 e. The van der Waals surface area contributed by atoms with Crippen LogP contribution in [0.4, 0.5) is 0 Å². The molecule has 0 aliphatic carbocycles. The van der Waals surface area contributed by atoms with Gasteiger partial charge in [0.2, 0.25) is 0 Å². The van der Waals surface area contributed by atoms with Crippen molar-refractivity contribution in [2.45, 2.75) is 25.8 Å². The number of benzene rings is 1. The van der Waals surface area contributed by atoms with Crippen LogP contribution in [0.15, 0.2) is 18.2 Å². The molecule has 0 unspecified atom stereocenters. The van der Waals surface area contributed by atoms with Gasteiger partial charge in [0.25, 0.3) is 0 Å². The Kier molecular flexibility index (Phi) is 6.04. The number of rotatable bonds is 6. The van der Waals surface area contributed by atoms with Crippen molar-refractivity contribution in [1.29, 1.82) is 5.26 Å². The molecular formula is C17H25N3O. The normalized spacial score (nSPS) is 16.6. The number of nitriles is 1. The van der Waals surface area contributed by atoms with Gasteiger partial charge in [-0.15, -0.1) is 0 Å². The summed E-state index contributed by atoms with van der Waals surface area (Å²) in [6.45, 7) is 4.25. The molecule has 1 N–H and O–H groups in total. The van der Waals surface area contributed by atoms with Crippen LogP contribution < -0.4 is 10.1 Å². The van der Waals surface area contributed by atoms with Crippen LogP contribution in [0.2, 0.25) is 0 Å². The van der Waals surface area contributed by atoms with Gasteiger partial charge in [0, 0.05) is 12.1 Å². The molecule has 0 aromatic heterocycles. The fraction of sp³-hybridized carbons (Fsp3) is 0.588. The highest BCUT2D eigenvalue weighted by atomic mass is 16.5. The first kappa shape index (κ1) is 15.8. The molecule has 21 heavy (non-hydrogen) atoms. The average molecular weight is 287 g/mol. The maximum Gasteiger partial charge on any atom is 0.123 e. The summed E-state index contributed by atoms with van der Waals surface area (Å²) in [6, 6.07) is 7.86. The predicted octanol–water partition coefficient (Wildman–Crippen LogP) is 2.39. The van der Waals surface area contributed by atoms with Crippen molar-refractivity contribution in [3.05, 3.63) is 29.3 Å². The van der Waals surface area contributed by atoms with E-state index < -0.39 is 0 Å². The van der Waals surface area contributed by atoms with Gasteiger partial charge < -0.3 is 10.1 Å². The van der Waals surface area contributed by atoms with Crippen molar-refractivity contribution in [2.24, 2.45) is 5.92 Å². The molecule has 1 heterocycles. The Morgan fingerprint density at radius 2 is 2.14 bits per heavy atom. The minimum absolute atomic E-state index is 0.703. The van der Waals surface area contributed by atoms with Gasteiger partial charge >= 0.3 is 0 Å². The van der Waals surface area contributed by atoms with Crippen molar-refractivity contribution in [1.82, 2.24) is 10.2 Å². The van der Waals surface area contributed by atoms with Crippen molar-refractivity contribution in [2.75, 3.05) is 33.8 Å². The van der Waals surface area contributed by atoms with Gasteiger partial charge in [-0.25, -0.2) is 0 Å². The highest BCUT2D eigenvalue weighted by Crippen LogP contribution is 2.25. The first-order valence-electron chi connectivity index (χ1n) is 7.70. The maximum atomic E-state index is 9.04. The van der Waals surface area contributed by atoms with Crippen molar-refractivity contribution in [3.63, 3.8) is 0 Å². The molecule has 0 spiro atoms. The second kappa shape index (κ2) is 8.02. The smallest absolute Gasteiger partial charge is 0.123 e. The number of likely N-dealkylation sites (tertiary alicyclic amines) is 1. The van der Waals surface area contributed by atoms with Crippen LogP contribution in [0, 0.1) is 17.2 Å². The third-order valence-corrected chi connectivity index (χ3v) is 4.31. The van der Waals surface area contributed by atoms with Gasteiger partial charge in [0.1, 0.15) is 5.75 Å². The Morgan fingerprint density at radius 3 is 2.76 bits per heavy atom. The molecule has 0 amide bonds. The van der Waals surface area contributed by atoms with Gasteiger partial charge in [-0.3, -0.25) is 4.90 Å². The highest BCUT2D eigenvalue weighted by Gasteiger charge is 2.19. The first-order chi connectivity index (χ1) is 10.3. The minimum atomic E-state index is 0.703. The molecule has 4 nitrogen and oxygen atoms in total. The Balaban J connectivity index is 1.92. The van der Waals surface area contributed by atoms with Crippen LogP contribution in [-0.2, 0) is 6.54 Å². The van der Waals surface area contributed by atoms with Crippen LogP contribution in [0.1, 0.15) is 30.4 Å². The van der Waals surface area contributed by atoms with E-state index in [1.165, 1.54) is 19.3 Å². The van der Waals surface area contributed by atoms with E-state index in [-0.39, 0.29) is 0 Å². The molecule has 1 saturated heterocycles. The Bertz CT molecular complexity index is 487. The minimum Gasteiger partial charge on any atom is -0.496 e. The quantitative estimate of drug-likeness (QED) is 0.873. The van der Waals surface area contributed by atoms with E-state index in [1.807, 2.05) is 25.2 Å². The Labute approximate surface area is 127 Å². The zero-order chi connectivity index (χ0) is 15.1. The number of nitrogens with zero attached hydrogens (tertiary/aromatic N) is 2. The zero-order valence-electron chi connectivity index (χ0n) is 13.1. The second-order valence-electron chi connectivity index (χ2n) is 5.75. The molecule has 114 valence electrons. The molecule has 0 bridgehead atoms. The average Bonchev–Trinajstić information content (AvgIpc) is 2.54. The summed E-state index contributed by atoms with van der Waals surface area (Å²) in [5.74, 6) is 1.73. The molecule has 1 fully saturated rings. The van der Waals surface area contributed by atoms with Crippen molar-refractivity contribution >= 4 is 0 Å². The van der Waals surface area contributed by atoms with E-state index in [0.29, 0.717) is 5.56 Å². The molecule has 1 aromatic rings. The number of ether oxygens (including phenoxy) is 1. The summed E-state index contributed by atoms with van der Waals surface area (Å²) in [4.78, 5) is 2.47. The zero-order valence-corrected chi connectivity index (χ0v) is 13.1. The predicted molar refractivity (Wildman–Crippen MR) is 84.3 cm³/mol. The summed E-state index contributed by atoms with van der Waals surface area (Å²) in [7, 11) is 3.71. The van der Waals surface area contributed by atoms with E-state index in [1.54, 1.807) is 7.11 Å². The standard InChI is InChI=1S/C17H25N3O/c1-19-8-5-14-6-9-20(10-7-14)13-16-11-15(12-18)3-4-17(16)21-2/h3-4,11,14,19H,5-10,13H2,1-2H3. The van der Waals surface area contributed by atoms with E-state index in [4.69, 9.17) is 10.00 Å². The van der Waals surface area contributed by atoms with Crippen LogP contribution in [-0.4, -0.2) is 38.7 Å². The molecular weight excluding hydrogens is 262 g/mol. The maximum absolute atomic E-state index is 9.04. The lowest BCUT2D eigenvalue weighted by atomic mass is 9.93. The molecule has 0 atom stereocenters. The second-order valence-corrected chi connectivity index (χ2v) is 5.75. The van der Waals surface area contributed by atoms with Gasteiger partial charge in [-0.1, -0.05) is 0 Å². The lowest BCUT2D eigenvalue weighted by molar-refractivity contribution is 0.171. The summed E-state index contributed by atoms with van der Waals surface area (Å²) in [5.41, 5.74) is 1.82.